The van der Waals surface area contributed by atoms with E-state index in [9.17, 15) is 5.26 Å². The van der Waals surface area contributed by atoms with Gasteiger partial charge in [-0.25, -0.2) is 0 Å². The van der Waals surface area contributed by atoms with Crippen molar-refractivity contribution in [2.75, 3.05) is 12.3 Å². The van der Waals surface area contributed by atoms with Crippen LogP contribution >= 0.6 is 11.3 Å². The summed E-state index contributed by atoms with van der Waals surface area (Å²) >= 11 is 1.31. The van der Waals surface area contributed by atoms with Gasteiger partial charge in [0.05, 0.1) is 32.1 Å². The Hall–Kier alpha value is -3.51. The van der Waals surface area contributed by atoms with Crippen LogP contribution in [0.1, 0.15) is 40.2 Å². The van der Waals surface area contributed by atoms with E-state index in [-0.39, 0.29) is 0 Å². The van der Waals surface area contributed by atoms with Crippen LogP contribution in [0.25, 0.3) is 0 Å². The normalized spacial score (nSPS) is 22.5. The first kappa shape index (κ1) is 27.1. The van der Waals surface area contributed by atoms with Crippen LogP contribution in [-0.2, 0) is 38.8 Å². The Balaban J connectivity index is 1.45. The molecule has 0 spiro atoms. The Morgan fingerprint density at radius 1 is 0.872 bits per heavy atom. The van der Waals surface area contributed by atoms with Gasteiger partial charge in [-0.05, 0) is 23.6 Å². The van der Waals surface area contributed by atoms with E-state index >= 15 is 0 Å². The van der Waals surface area contributed by atoms with Gasteiger partial charge in [0.25, 0.3) is 0 Å². The number of nitrogens with two attached hydrogens (primary N) is 1. The van der Waals surface area contributed by atoms with Crippen molar-refractivity contribution in [2.45, 2.75) is 50.7 Å². The summed E-state index contributed by atoms with van der Waals surface area (Å²) in [4.78, 5) is 0.463. The van der Waals surface area contributed by atoms with E-state index in [1.807, 2.05) is 103 Å². The highest BCUT2D eigenvalue weighted by Gasteiger charge is 2.57. The van der Waals surface area contributed by atoms with E-state index in [0.717, 1.165) is 22.3 Å². The maximum absolute atomic E-state index is 9.56. The summed E-state index contributed by atoms with van der Waals surface area (Å²) in [6.07, 6.45) is -1.44. The van der Waals surface area contributed by atoms with Crippen molar-refractivity contribution in [2.24, 2.45) is 0 Å². The molecule has 3 aromatic carbocycles. The van der Waals surface area contributed by atoms with Gasteiger partial charge in [-0.2, -0.15) is 5.26 Å². The lowest BCUT2D eigenvalue weighted by Gasteiger charge is -2.35. The Morgan fingerprint density at radius 2 is 1.44 bits per heavy atom. The smallest absolute Gasteiger partial charge is 0.128 e. The maximum Gasteiger partial charge on any atom is 0.128 e. The number of benzene rings is 3. The van der Waals surface area contributed by atoms with Crippen molar-refractivity contribution >= 4 is 17.0 Å². The Bertz CT molecular complexity index is 1370. The first-order valence-corrected chi connectivity index (χ1v) is 13.8. The van der Waals surface area contributed by atoms with Gasteiger partial charge in [0.2, 0.25) is 0 Å². The van der Waals surface area contributed by atoms with Crippen LogP contribution < -0.4 is 5.73 Å². The molecule has 4 unspecified atom stereocenters. The van der Waals surface area contributed by atoms with Crippen molar-refractivity contribution in [1.82, 2.24) is 0 Å². The second-order valence-corrected chi connectivity index (χ2v) is 10.7. The number of nitriles is 1. The van der Waals surface area contributed by atoms with E-state index in [4.69, 9.17) is 24.7 Å². The van der Waals surface area contributed by atoms with Gasteiger partial charge in [0, 0.05) is 10.9 Å². The lowest BCUT2D eigenvalue weighted by molar-refractivity contribution is -0.147. The molecule has 1 aliphatic heterocycles. The Kier molecular flexibility index (Phi) is 8.72. The van der Waals surface area contributed by atoms with Crippen molar-refractivity contribution in [3.63, 3.8) is 0 Å². The van der Waals surface area contributed by atoms with Gasteiger partial charge < -0.3 is 24.7 Å². The molecule has 0 aliphatic carbocycles. The number of ether oxygens (including phenoxy) is 4. The van der Waals surface area contributed by atoms with E-state index in [2.05, 4.69) is 6.07 Å². The third-order valence-electron chi connectivity index (χ3n) is 7.04. The number of nitrogen functional groups attached to an aromatic ring is 1. The summed E-state index contributed by atoms with van der Waals surface area (Å²) in [5.41, 5.74) is 9.87. The Morgan fingerprint density at radius 3 is 2.00 bits per heavy atom. The highest BCUT2D eigenvalue weighted by Crippen LogP contribution is 2.49. The zero-order chi connectivity index (χ0) is 27.1. The van der Waals surface area contributed by atoms with Crippen molar-refractivity contribution in [1.29, 1.82) is 5.26 Å². The largest absolute Gasteiger partial charge is 0.397 e. The fraction of sp³-hybridized carbons (Fsp3) is 0.281. The molecule has 6 nitrogen and oxygen atoms in total. The van der Waals surface area contributed by atoms with Crippen LogP contribution in [0, 0.1) is 11.3 Å². The summed E-state index contributed by atoms with van der Waals surface area (Å²) in [7, 11) is 0. The topological polar surface area (TPSA) is 86.7 Å². The van der Waals surface area contributed by atoms with Gasteiger partial charge in [-0.3, -0.25) is 0 Å². The maximum atomic E-state index is 9.56. The van der Waals surface area contributed by atoms with Gasteiger partial charge in [-0.15, -0.1) is 11.3 Å². The van der Waals surface area contributed by atoms with E-state index in [1.54, 1.807) is 0 Å². The average molecular weight is 541 g/mol. The quantitative estimate of drug-likeness (QED) is 0.236. The molecule has 1 saturated heterocycles. The molecule has 7 heteroatoms. The molecular weight excluding hydrogens is 508 g/mol. The molecule has 200 valence electrons. The molecule has 2 N–H and O–H groups in total. The molecule has 1 fully saturated rings. The summed E-state index contributed by atoms with van der Waals surface area (Å²) in [6, 6.07) is 32.3. The molecule has 0 radical (unpaired) electrons. The van der Waals surface area contributed by atoms with Crippen LogP contribution in [0.15, 0.2) is 96.4 Å². The van der Waals surface area contributed by atoms with Crippen LogP contribution in [-0.4, -0.2) is 24.4 Å². The fourth-order valence-electron chi connectivity index (χ4n) is 4.95. The summed E-state index contributed by atoms with van der Waals surface area (Å²) in [5.74, 6) is 0. The van der Waals surface area contributed by atoms with Gasteiger partial charge in [0.15, 0.2) is 0 Å². The lowest BCUT2D eigenvalue weighted by atomic mass is 9.88. The predicted octanol–water partition coefficient (Wildman–Crippen LogP) is 6.42. The van der Waals surface area contributed by atoms with E-state index in [1.165, 1.54) is 11.3 Å². The molecule has 0 amide bonds. The molecule has 39 heavy (non-hydrogen) atoms. The molecule has 1 aromatic heterocycles. The second kappa shape index (κ2) is 12.6. The highest BCUT2D eigenvalue weighted by molar-refractivity contribution is 7.11. The molecule has 2 heterocycles. The third kappa shape index (κ3) is 6.22. The summed E-state index contributed by atoms with van der Waals surface area (Å²) < 4.78 is 26.1. The van der Waals surface area contributed by atoms with Crippen molar-refractivity contribution in [3.05, 3.63) is 124 Å². The number of hydrogen-bond donors (Lipinski definition) is 1. The molecule has 0 bridgehead atoms. The van der Waals surface area contributed by atoms with Crippen LogP contribution in [0.2, 0.25) is 0 Å². The van der Waals surface area contributed by atoms with Crippen LogP contribution in [0.5, 0.6) is 0 Å². The van der Waals surface area contributed by atoms with Crippen LogP contribution in [0.3, 0.4) is 0 Å². The second-order valence-electron chi connectivity index (χ2n) is 9.78. The SMILES string of the molecule is CC1(OCc2ccccc2)C(c2csc(C#N)c2N)OC(COCc2ccccc2)C1OCc1ccccc1. The minimum absolute atomic E-state index is 0.310. The zero-order valence-corrected chi connectivity index (χ0v) is 22.7. The molecular formula is C32H32N2O4S. The molecule has 0 saturated carbocycles. The zero-order valence-electron chi connectivity index (χ0n) is 21.9. The number of nitrogens with zero attached hydrogens (tertiary/aromatic N) is 1. The monoisotopic (exact) mass is 540 g/mol. The number of anilines is 1. The van der Waals surface area contributed by atoms with E-state index in [0.29, 0.717) is 37.0 Å². The first-order valence-electron chi connectivity index (χ1n) is 13.0. The number of hydrogen-bond acceptors (Lipinski definition) is 7. The van der Waals surface area contributed by atoms with E-state index < -0.39 is 23.9 Å². The predicted molar refractivity (Wildman–Crippen MR) is 152 cm³/mol. The fourth-order valence-corrected chi connectivity index (χ4v) is 5.74. The van der Waals surface area contributed by atoms with Crippen molar-refractivity contribution < 1.29 is 18.9 Å². The van der Waals surface area contributed by atoms with Crippen LogP contribution in [0.4, 0.5) is 5.69 Å². The summed E-state index contributed by atoms with van der Waals surface area (Å²) in [5, 5.41) is 11.5. The summed E-state index contributed by atoms with van der Waals surface area (Å²) in [6.45, 7) is 3.54. The first-order chi connectivity index (χ1) is 19.1. The molecule has 5 rings (SSSR count). The van der Waals surface area contributed by atoms with Gasteiger partial charge >= 0.3 is 0 Å². The van der Waals surface area contributed by atoms with Gasteiger partial charge in [0.1, 0.15) is 34.9 Å². The Labute approximate surface area is 233 Å². The van der Waals surface area contributed by atoms with Gasteiger partial charge in [-0.1, -0.05) is 91.0 Å². The molecule has 4 aromatic rings. The lowest BCUT2D eigenvalue weighted by Crippen LogP contribution is -2.47. The standard InChI is InChI=1S/C32H32N2O4S/c1-32(37-20-25-15-9-4-10-16-25)30(26-22-39-28(17-33)29(26)34)38-27(21-35-18-23-11-5-2-6-12-23)31(32)36-19-24-13-7-3-8-14-24/h2-16,22,27,30-31H,18-21,34H2,1H3. The minimum atomic E-state index is -0.909. The highest BCUT2D eigenvalue weighted by atomic mass is 32.1. The third-order valence-corrected chi connectivity index (χ3v) is 7.95. The molecule has 1 aliphatic rings. The number of thiophene rings is 1. The average Bonchev–Trinajstić information content (AvgIpc) is 3.48. The minimum Gasteiger partial charge on any atom is -0.397 e. The molecule has 4 atom stereocenters. The number of rotatable bonds is 11. The van der Waals surface area contributed by atoms with Crippen molar-refractivity contribution in [3.8, 4) is 6.07 Å².